The van der Waals surface area contributed by atoms with Gasteiger partial charge in [-0.1, -0.05) is 0 Å². The highest BCUT2D eigenvalue weighted by molar-refractivity contribution is 7.97. The van der Waals surface area contributed by atoms with Gasteiger partial charge < -0.3 is 0 Å². The van der Waals surface area contributed by atoms with Gasteiger partial charge in [-0.25, -0.2) is 0 Å². The molecule has 0 amide bonds. The normalized spacial score (nSPS) is 9.83. The fourth-order valence-electron chi connectivity index (χ4n) is 0.801. The zero-order valence-corrected chi connectivity index (χ0v) is 7.93. The standard InChI is InChI=1S/C9H10N2S/c1-11(2)12-9-5-3-8(7-10)4-6-9/h3-6H,1-2H3. The monoisotopic (exact) mass is 178 g/mol. The van der Waals surface area contributed by atoms with Crippen molar-refractivity contribution in [3.8, 4) is 6.07 Å². The largest absolute Gasteiger partial charge is 0.253 e. The summed E-state index contributed by atoms with van der Waals surface area (Å²) >= 11 is 1.64. The van der Waals surface area contributed by atoms with E-state index >= 15 is 0 Å². The van der Waals surface area contributed by atoms with Crippen LogP contribution in [0.5, 0.6) is 0 Å². The van der Waals surface area contributed by atoms with Gasteiger partial charge in [0.15, 0.2) is 0 Å². The van der Waals surface area contributed by atoms with Gasteiger partial charge in [0.05, 0.1) is 11.6 Å². The lowest BCUT2D eigenvalue weighted by molar-refractivity contribution is 0.702. The average Bonchev–Trinajstić information content (AvgIpc) is 2.05. The van der Waals surface area contributed by atoms with Crippen molar-refractivity contribution in [3.05, 3.63) is 29.8 Å². The Morgan fingerprint density at radius 1 is 1.25 bits per heavy atom. The van der Waals surface area contributed by atoms with Crippen LogP contribution in [0.15, 0.2) is 29.2 Å². The van der Waals surface area contributed by atoms with Crippen molar-refractivity contribution in [2.24, 2.45) is 0 Å². The van der Waals surface area contributed by atoms with Crippen molar-refractivity contribution in [1.82, 2.24) is 4.31 Å². The molecule has 0 fully saturated rings. The van der Waals surface area contributed by atoms with E-state index in [0.717, 1.165) is 4.90 Å². The third-order valence-electron chi connectivity index (χ3n) is 1.27. The molecule has 0 atom stereocenters. The van der Waals surface area contributed by atoms with E-state index in [9.17, 15) is 0 Å². The molecule has 0 bridgehead atoms. The van der Waals surface area contributed by atoms with Crippen molar-refractivity contribution in [2.45, 2.75) is 4.90 Å². The molecule has 12 heavy (non-hydrogen) atoms. The van der Waals surface area contributed by atoms with Crippen LogP contribution in [-0.2, 0) is 0 Å². The van der Waals surface area contributed by atoms with Crippen molar-refractivity contribution in [1.29, 1.82) is 5.26 Å². The van der Waals surface area contributed by atoms with E-state index < -0.39 is 0 Å². The molecule has 1 aromatic rings. The lowest BCUT2D eigenvalue weighted by Crippen LogP contribution is -1.98. The molecule has 0 saturated heterocycles. The number of benzene rings is 1. The third kappa shape index (κ3) is 2.57. The van der Waals surface area contributed by atoms with E-state index in [1.54, 1.807) is 11.9 Å². The first-order valence-electron chi connectivity index (χ1n) is 3.58. The first kappa shape index (κ1) is 9.11. The molecular formula is C9H10N2S. The zero-order valence-electron chi connectivity index (χ0n) is 7.11. The van der Waals surface area contributed by atoms with Crippen LogP contribution >= 0.6 is 11.9 Å². The maximum atomic E-state index is 8.54. The van der Waals surface area contributed by atoms with Crippen LogP contribution < -0.4 is 0 Å². The van der Waals surface area contributed by atoms with Crippen LogP contribution in [-0.4, -0.2) is 18.4 Å². The van der Waals surface area contributed by atoms with Crippen molar-refractivity contribution in [3.63, 3.8) is 0 Å². The summed E-state index contributed by atoms with van der Waals surface area (Å²) < 4.78 is 2.02. The summed E-state index contributed by atoms with van der Waals surface area (Å²) in [4.78, 5) is 1.15. The Kier molecular flexibility index (Phi) is 3.15. The first-order chi connectivity index (χ1) is 5.72. The topological polar surface area (TPSA) is 27.0 Å². The molecule has 0 aliphatic rings. The summed E-state index contributed by atoms with van der Waals surface area (Å²) in [6.07, 6.45) is 0. The summed E-state index contributed by atoms with van der Waals surface area (Å²) in [5.41, 5.74) is 0.707. The molecule has 0 spiro atoms. The van der Waals surface area contributed by atoms with Crippen LogP contribution in [0.1, 0.15) is 5.56 Å². The van der Waals surface area contributed by atoms with Gasteiger partial charge in [0.25, 0.3) is 0 Å². The van der Waals surface area contributed by atoms with Crippen LogP contribution in [0.25, 0.3) is 0 Å². The molecule has 1 rings (SSSR count). The Morgan fingerprint density at radius 3 is 2.25 bits per heavy atom. The number of rotatable bonds is 2. The summed E-state index contributed by atoms with van der Waals surface area (Å²) in [7, 11) is 3.98. The van der Waals surface area contributed by atoms with E-state index in [-0.39, 0.29) is 0 Å². The Bertz CT molecular complexity index is 284. The number of nitrogens with zero attached hydrogens (tertiary/aromatic N) is 2. The lowest BCUT2D eigenvalue weighted by Gasteiger charge is -2.07. The minimum absolute atomic E-state index is 0.707. The van der Waals surface area contributed by atoms with E-state index in [2.05, 4.69) is 6.07 Å². The van der Waals surface area contributed by atoms with Crippen molar-refractivity contribution < 1.29 is 0 Å². The van der Waals surface area contributed by atoms with Gasteiger partial charge in [0.1, 0.15) is 0 Å². The van der Waals surface area contributed by atoms with Gasteiger partial charge in [-0.2, -0.15) is 5.26 Å². The summed E-state index contributed by atoms with van der Waals surface area (Å²) in [5.74, 6) is 0. The molecule has 0 unspecified atom stereocenters. The fourth-order valence-corrected chi connectivity index (χ4v) is 1.48. The molecule has 0 aliphatic heterocycles. The van der Waals surface area contributed by atoms with E-state index in [4.69, 9.17) is 5.26 Å². The Balaban J connectivity index is 2.73. The van der Waals surface area contributed by atoms with Crippen LogP contribution in [0.4, 0.5) is 0 Å². The van der Waals surface area contributed by atoms with Crippen LogP contribution in [0.2, 0.25) is 0 Å². The number of nitriles is 1. The fraction of sp³-hybridized carbons (Fsp3) is 0.222. The predicted molar refractivity (Wildman–Crippen MR) is 50.7 cm³/mol. The van der Waals surface area contributed by atoms with Crippen LogP contribution in [0.3, 0.4) is 0 Å². The predicted octanol–water partition coefficient (Wildman–Crippen LogP) is 2.13. The highest BCUT2D eigenvalue weighted by Crippen LogP contribution is 2.19. The molecule has 1 aromatic carbocycles. The van der Waals surface area contributed by atoms with Gasteiger partial charge in [0, 0.05) is 4.90 Å². The molecule has 0 saturated carbocycles. The average molecular weight is 178 g/mol. The Hall–Kier alpha value is -0.980. The first-order valence-corrected chi connectivity index (χ1v) is 4.35. The molecular weight excluding hydrogens is 168 g/mol. The van der Waals surface area contributed by atoms with Crippen molar-refractivity contribution >= 4 is 11.9 Å². The van der Waals surface area contributed by atoms with Gasteiger partial charge >= 0.3 is 0 Å². The smallest absolute Gasteiger partial charge is 0.0991 e. The molecule has 0 radical (unpaired) electrons. The van der Waals surface area contributed by atoms with Crippen molar-refractivity contribution in [2.75, 3.05) is 14.1 Å². The minimum atomic E-state index is 0.707. The third-order valence-corrected chi connectivity index (χ3v) is 2.12. The molecule has 0 N–H and O–H groups in total. The van der Waals surface area contributed by atoms with Gasteiger partial charge in [-0.05, 0) is 50.3 Å². The second-order valence-corrected chi connectivity index (χ2v) is 3.92. The van der Waals surface area contributed by atoms with Gasteiger partial charge in [-0.15, -0.1) is 0 Å². The molecule has 0 heterocycles. The second-order valence-electron chi connectivity index (χ2n) is 2.54. The molecule has 0 aliphatic carbocycles. The van der Waals surface area contributed by atoms with Gasteiger partial charge in [-0.3, -0.25) is 4.31 Å². The van der Waals surface area contributed by atoms with Gasteiger partial charge in [0.2, 0.25) is 0 Å². The van der Waals surface area contributed by atoms with E-state index in [1.165, 1.54) is 0 Å². The number of hydrogen-bond donors (Lipinski definition) is 0. The molecule has 3 heteroatoms. The molecule has 0 aromatic heterocycles. The second kappa shape index (κ2) is 4.15. The SMILES string of the molecule is CN(C)Sc1ccc(C#N)cc1. The summed E-state index contributed by atoms with van der Waals surface area (Å²) in [6, 6.07) is 9.63. The maximum Gasteiger partial charge on any atom is 0.0991 e. The highest BCUT2D eigenvalue weighted by atomic mass is 32.2. The highest BCUT2D eigenvalue weighted by Gasteiger charge is 1.95. The van der Waals surface area contributed by atoms with Crippen LogP contribution in [0, 0.1) is 11.3 Å². The summed E-state index contributed by atoms with van der Waals surface area (Å²) in [5, 5.41) is 8.54. The number of hydrogen-bond acceptors (Lipinski definition) is 3. The quantitative estimate of drug-likeness (QED) is 0.649. The lowest BCUT2D eigenvalue weighted by atomic mass is 10.2. The minimum Gasteiger partial charge on any atom is -0.253 e. The molecule has 2 nitrogen and oxygen atoms in total. The molecule has 62 valence electrons. The maximum absolute atomic E-state index is 8.54. The summed E-state index contributed by atoms with van der Waals surface area (Å²) in [6.45, 7) is 0. The van der Waals surface area contributed by atoms with E-state index in [0.29, 0.717) is 5.56 Å². The zero-order chi connectivity index (χ0) is 8.97. The Labute approximate surface area is 76.9 Å². The van der Waals surface area contributed by atoms with E-state index in [1.807, 2.05) is 42.7 Å². The Morgan fingerprint density at radius 2 is 1.83 bits per heavy atom.